The van der Waals surface area contributed by atoms with Gasteiger partial charge in [0.2, 0.25) is 0 Å². The number of aromatic nitrogens is 1. The van der Waals surface area contributed by atoms with Crippen LogP contribution in [0.3, 0.4) is 0 Å². The van der Waals surface area contributed by atoms with Gasteiger partial charge >= 0.3 is 0 Å². The fraction of sp³-hybridized carbons (Fsp3) is 0.267. The van der Waals surface area contributed by atoms with Crippen molar-refractivity contribution in [1.82, 2.24) is 10.3 Å². The molecule has 2 rings (SSSR count). The summed E-state index contributed by atoms with van der Waals surface area (Å²) in [6.07, 6.45) is 2.92. The van der Waals surface area contributed by atoms with E-state index in [1.54, 1.807) is 24.4 Å². The Morgan fingerprint density at radius 1 is 1.19 bits per heavy atom. The van der Waals surface area contributed by atoms with E-state index in [-0.39, 0.29) is 4.90 Å². The van der Waals surface area contributed by atoms with Gasteiger partial charge in [0.1, 0.15) is 0 Å². The molecule has 2 aromatic rings. The van der Waals surface area contributed by atoms with Gasteiger partial charge in [-0.25, -0.2) is 8.42 Å². The first-order valence-corrected chi connectivity index (χ1v) is 8.75. The largest absolute Gasteiger partial charge is 0.307 e. The highest BCUT2D eigenvalue weighted by Gasteiger charge is 2.15. The highest BCUT2D eigenvalue weighted by atomic mass is 35.5. The van der Waals surface area contributed by atoms with Crippen LogP contribution in [-0.4, -0.2) is 19.7 Å². The first kappa shape index (κ1) is 15.9. The molecule has 1 heterocycles. The predicted molar refractivity (Wildman–Crippen MR) is 84.1 cm³/mol. The van der Waals surface area contributed by atoms with Crippen LogP contribution < -0.4 is 5.32 Å². The maximum atomic E-state index is 11.8. The molecular weight excluding hydrogens is 308 g/mol. The molecule has 0 bridgehead atoms. The first-order chi connectivity index (χ1) is 9.89. The normalized spacial score (nSPS) is 11.6. The van der Waals surface area contributed by atoms with E-state index in [4.69, 9.17) is 11.6 Å². The highest BCUT2D eigenvalue weighted by molar-refractivity contribution is 7.90. The molecule has 0 unspecified atom stereocenters. The number of hydrogen-bond donors (Lipinski definition) is 1. The van der Waals surface area contributed by atoms with Crippen molar-refractivity contribution in [2.45, 2.75) is 24.9 Å². The quantitative estimate of drug-likeness (QED) is 0.918. The van der Waals surface area contributed by atoms with Crippen molar-refractivity contribution in [2.24, 2.45) is 0 Å². The van der Waals surface area contributed by atoms with Crippen LogP contribution in [0.5, 0.6) is 0 Å². The van der Waals surface area contributed by atoms with Crippen molar-refractivity contribution in [2.75, 3.05) is 6.26 Å². The fourth-order valence-corrected chi connectivity index (χ4v) is 3.32. The predicted octanol–water partition coefficient (Wildman–Crippen LogP) is 2.74. The number of nitrogens with one attached hydrogen (secondary N) is 1. The Balaban J connectivity index is 2.16. The summed E-state index contributed by atoms with van der Waals surface area (Å²) in [5, 5.41) is 3.65. The molecule has 4 nitrogen and oxygen atoms in total. The lowest BCUT2D eigenvalue weighted by Crippen LogP contribution is -2.17. The molecule has 1 aromatic carbocycles. The summed E-state index contributed by atoms with van der Waals surface area (Å²) in [5.41, 5.74) is 2.62. The van der Waals surface area contributed by atoms with Crippen LogP contribution in [0.15, 0.2) is 41.4 Å². The van der Waals surface area contributed by atoms with Crippen LogP contribution in [-0.2, 0) is 22.9 Å². The van der Waals surface area contributed by atoms with Crippen LogP contribution in [0, 0.1) is 6.92 Å². The molecule has 0 aliphatic rings. The third-order valence-electron chi connectivity index (χ3n) is 3.19. The van der Waals surface area contributed by atoms with E-state index >= 15 is 0 Å². The zero-order valence-electron chi connectivity index (χ0n) is 11.9. The van der Waals surface area contributed by atoms with Gasteiger partial charge in [0.15, 0.2) is 9.84 Å². The SMILES string of the molecule is Cc1cccnc1CNCc1c(Cl)cccc1S(C)(=O)=O. The zero-order valence-corrected chi connectivity index (χ0v) is 13.5. The Kier molecular flexibility index (Phi) is 4.98. The van der Waals surface area contributed by atoms with Gasteiger partial charge in [0, 0.05) is 36.1 Å². The molecule has 0 aliphatic carbocycles. The molecule has 0 atom stereocenters. The van der Waals surface area contributed by atoms with Crippen molar-refractivity contribution in [3.05, 3.63) is 58.4 Å². The average molecular weight is 325 g/mol. The van der Waals surface area contributed by atoms with Crippen molar-refractivity contribution in [3.8, 4) is 0 Å². The van der Waals surface area contributed by atoms with Crippen LogP contribution in [0.2, 0.25) is 5.02 Å². The summed E-state index contributed by atoms with van der Waals surface area (Å²) < 4.78 is 23.6. The number of pyridine rings is 1. The molecular formula is C15H17ClN2O2S. The van der Waals surface area contributed by atoms with Gasteiger partial charge in [-0.1, -0.05) is 23.7 Å². The van der Waals surface area contributed by atoms with Crippen molar-refractivity contribution in [1.29, 1.82) is 0 Å². The number of nitrogens with zero attached hydrogens (tertiary/aromatic N) is 1. The van der Waals surface area contributed by atoms with Gasteiger partial charge in [-0.2, -0.15) is 0 Å². The summed E-state index contributed by atoms with van der Waals surface area (Å²) in [6.45, 7) is 2.92. The fourth-order valence-electron chi connectivity index (χ4n) is 2.07. The van der Waals surface area contributed by atoms with Gasteiger partial charge in [-0.15, -0.1) is 0 Å². The second-order valence-corrected chi connectivity index (χ2v) is 7.25. The second kappa shape index (κ2) is 6.56. The van der Waals surface area contributed by atoms with E-state index in [1.807, 2.05) is 19.1 Å². The van der Waals surface area contributed by atoms with Gasteiger partial charge < -0.3 is 5.32 Å². The Labute approximate surface area is 130 Å². The highest BCUT2D eigenvalue weighted by Crippen LogP contribution is 2.23. The van der Waals surface area contributed by atoms with Gasteiger partial charge in [-0.05, 0) is 30.7 Å². The zero-order chi connectivity index (χ0) is 15.5. The minimum Gasteiger partial charge on any atom is -0.307 e. The summed E-state index contributed by atoms with van der Waals surface area (Å²) in [5.74, 6) is 0. The Morgan fingerprint density at radius 2 is 1.95 bits per heavy atom. The topological polar surface area (TPSA) is 59.1 Å². The van der Waals surface area contributed by atoms with Crippen LogP contribution in [0.1, 0.15) is 16.8 Å². The van der Waals surface area contributed by atoms with E-state index < -0.39 is 9.84 Å². The Hall–Kier alpha value is -1.43. The molecule has 21 heavy (non-hydrogen) atoms. The molecule has 0 amide bonds. The third-order valence-corrected chi connectivity index (χ3v) is 4.72. The third kappa shape index (κ3) is 4.03. The molecule has 0 aliphatic heterocycles. The minimum atomic E-state index is -3.30. The van der Waals surface area contributed by atoms with Gasteiger partial charge in [-0.3, -0.25) is 4.98 Å². The number of benzene rings is 1. The number of halogens is 1. The maximum Gasteiger partial charge on any atom is 0.175 e. The van der Waals surface area contributed by atoms with E-state index in [0.717, 1.165) is 11.3 Å². The molecule has 6 heteroatoms. The monoisotopic (exact) mass is 324 g/mol. The lowest BCUT2D eigenvalue weighted by atomic mass is 10.2. The molecule has 0 fully saturated rings. The number of aryl methyl sites for hydroxylation is 1. The molecule has 1 N–H and O–H groups in total. The van der Waals surface area contributed by atoms with Crippen LogP contribution in [0.4, 0.5) is 0 Å². The maximum absolute atomic E-state index is 11.8. The van der Waals surface area contributed by atoms with Crippen molar-refractivity contribution < 1.29 is 8.42 Å². The van der Waals surface area contributed by atoms with Gasteiger partial charge in [0.05, 0.1) is 10.6 Å². The number of sulfone groups is 1. The first-order valence-electron chi connectivity index (χ1n) is 6.48. The van der Waals surface area contributed by atoms with E-state index in [1.165, 1.54) is 6.26 Å². The van der Waals surface area contributed by atoms with E-state index in [0.29, 0.717) is 23.7 Å². The van der Waals surface area contributed by atoms with Gasteiger partial charge in [0.25, 0.3) is 0 Å². The molecule has 0 saturated carbocycles. The molecule has 112 valence electrons. The van der Waals surface area contributed by atoms with Crippen LogP contribution in [0.25, 0.3) is 0 Å². The Bertz CT molecular complexity index is 745. The Morgan fingerprint density at radius 3 is 2.62 bits per heavy atom. The second-order valence-electron chi connectivity index (χ2n) is 4.86. The smallest absolute Gasteiger partial charge is 0.175 e. The van der Waals surface area contributed by atoms with Crippen LogP contribution >= 0.6 is 11.6 Å². The molecule has 0 saturated heterocycles. The average Bonchev–Trinajstić information content (AvgIpc) is 2.41. The minimum absolute atomic E-state index is 0.264. The molecule has 0 radical (unpaired) electrons. The molecule has 1 aromatic heterocycles. The summed E-state index contributed by atoms with van der Waals surface area (Å²) in [6, 6.07) is 8.78. The summed E-state index contributed by atoms with van der Waals surface area (Å²) in [7, 11) is -3.30. The molecule has 0 spiro atoms. The lowest BCUT2D eigenvalue weighted by molar-refractivity contribution is 0.598. The standard InChI is InChI=1S/C15H17ClN2O2S/c1-11-5-4-8-18-14(11)10-17-9-12-13(16)6-3-7-15(12)21(2,19)20/h3-8,17H,9-10H2,1-2H3. The number of hydrogen-bond acceptors (Lipinski definition) is 4. The lowest BCUT2D eigenvalue weighted by Gasteiger charge is -2.11. The van der Waals surface area contributed by atoms with Crippen molar-refractivity contribution >= 4 is 21.4 Å². The number of rotatable bonds is 5. The van der Waals surface area contributed by atoms with Crippen molar-refractivity contribution in [3.63, 3.8) is 0 Å². The van der Waals surface area contributed by atoms with E-state index in [2.05, 4.69) is 10.3 Å². The van der Waals surface area contributed by atoms with E-state index in [9.17, 15) is 8.42 Å². The summed E-state index contributed by atoms with van der Waals surface area (Å²) in [4.78, 5) is 4.55. The summed E-state index contributed by atoms with van der Waals surface area (Å²) >= 11 is 6.13.